The lowest BCUT2D eigenvalue weighted by atomic mass is 9.80. The fraction of sp³-hybridized carbons (Fsp3) is 0.486. The summed E-state index contributed by atoms with van der Waals surface area (Å²) in [4.78, 5) is 2.34. The van der Waals surface area contributed by atoms with Gasteiger partial charge in [0, 0.05) is 18.6 Å². The number of nitriles is 1. The van der Waals surface area contributed by atoms with Crippen molar-refractivity contribution < 1.29 is 23.3 Å². The third-order valence-electron chi connectivity index (χ3n) is 7.92. The van der Waals surface area contributed by atoms with Crippen LogP contribution in [0, 0.1) is 11.3 Å². The number of rotatable bonds is 20. The van der Waals surface area contributed by atoms with Gasteiger partial charge >= 0.3 is 0 Å². The standard InChI is InChI=1S/C37H52N3O5P/c1-9-39(10-2)27-36(45-46(44-26-14-25-38)40(29(3)4)30(5)6)28-43-37(31-15-12-11-13-16-31,32-17-21-34(41-7)22-18-32)33-19-23-35(42-8)24-20-33/h11-13,15-24,29-30,36H,9-10,14,26-28H2,1-8H3. The summed E-state index contributed by atoms with van der Waals surface area (Å²) in [5.41, 5.74) is 1.95. The first-order valence-corrected chi connectivity index (χ1v) is 17.3. The molecule has 46 heavy (non-hydrogen) atoms. The van der Waals surface area contributed by atoms with Gasteiger partial charge < -0.3 is 28.2 Å². The van der Waals surface area contributed by atoms with Crippen LogP contribution in [0.2, 0.25) is 0 Å². The second-order valence-electron chi connectivity index (χ2n) is 11.6. The van der Waals surface area contributed by atoms with Crippen LogP contribution in [0.1, 0.15) is 64.7 Å². The van der Waals surface area contributed by atoms with Crippen LogP contribution in [0.15, 0.2) is 78.9 Å². The first-order chi connectivity index (χ1) is 22.2. The van der Waals surface area contributed by atoms with Crippen molar-refractivity contribution in [1.29, 1.82) is 5.26 Å². The Morgan fingerprint density at radius 1 is 0.761 bits per heavy atom. The third-order valence-corrected chi connectivity index (χ3v) is 10.1. The Hall–Kier alpha value is -3.02. The second kappa shape index (κ2) is 19.0. The Morgan fingerprint density at radius 3 is 1.70 bits per heavy atom. The van der Waals surface area contributed by atoms with Crippen molar-refractivity contribution in [1.82, 2.24) is 9.57 Å². The predicted octanol–water partition coefficient (Wildman–Crippen LogP) is 8.02. The highest BCUT2D eigenvalue weighted by Crippen LogP contribution is 2.48. The molecule has 0 radical (unpaired) electrons. The van der Waals surface area contributed by atoms with Crippen LogP contribution in [0.5, 0.6) is 11.5 Å². The molecule has 3 aromatic rings. The summed E-state index contributed by atoms with van der Waals surface area (Å²) in [6.45, 7) is 15.9. The molecule has 0 aliphatic carbocycles. The highest BCUT2D eigenvalue weighted by atomic mass is 31.2. The summed E-state index contributed by atoms with van der Waals surface area (Å²) in [5, 5.41) is 9.25. The topological polar surface area (TPSA) is 76.4 Å². The van der Waals surface area contributed by atoms with E-state index in [9.17, 15) is 5.26 Å². The smallest absolute Gasteiger partial charge is 0.259 e. The Labute approximate surface area is 278 Å². The van der Waals surface area contributed by atoms with E-state index >= 15 is 0 Å². The van der Waals surface area contributed by atoms with Crippen molar-refractivity contribution in [2.24, 2.45) is 0 Å². The average molecular weight is 650 g/mol. The molecule has 250 valence electrons. The molecule has 0 saturated carbocycles. The molecule has 0 bridgehead atoms. The quantitative estimate of drug-likeness (QED) is 0.0692. The Kier molecular flexibility index (Phi) is 15.4. The van der Waals surface area contributed by atoms with E-state index in [-0.39, 0.29) is 24.8 Å². The molecule has 0 aliphatic heterocycles. The zero-order valence-electron chi connectivity index (χ0n) is 28.8. The van der Waals surface area contributed by atoms with Gasteiger partial charge in [0.15, 0.2) is 0 Å². The lowest BCUT2D eigenvalue weighted by Crippen LogP contribution is -2.42. The molecule has 2 atom stereocenters. The molecule has 3 aromatic carbocycles. The van der Waals surface area contributed by atoms with Gasteiger partial charge in [0.1, 0.15) is 23.2 Å². The minimum Gasteiger partial charge on any atom is -0.497 e. The normalized spacial score (nSPS) is 13.3. The van der Waals surface area contributed by atoms with Gasteiger partial charge in [-0.2, -0.15) is 5.26 Å². The lowest BCUT2D eigenvalue weighted by molar-refractivity contribution is -0.0418. The zero-order valence-corrected chi connectivity index (χ0v) is 29.7. The van der Waals surface area contributed by atoms with Gasteiger partial charge in [0.25, 0.3) is 8.53 Å². The number of hydrogen-bond donors (Lipinski definition) is 0. The van der Waals surface area contributed by atoms with Crippen molar-refractivity contribution in [2.45, 2.75) is 71.8 Å². The number of nitrogens with zero attached hydrogens (tertiary/aromatic N) is 3. The monoisotopic (exact) mass is 649 g/mol. The van der Waals surface area contributed by atoms with E-state index in [1.807, 2.05) is 42.5 Å². The summed E-state index contributed by atoms with van der Waals surface area (Å²) in [6, 6.07) is 29.0. The maximum atomic E-state index is 9.25. The zero-order chi connectivity index (χ0) is 33.5. The minimum absolute atomic E-state index is 0.185. The van der Waals surface area contributed by atoms with Gasteiger partial charge in [-0.05, 0) is 81.7 Å². The van der Waals surface area contributed by atoms with E-state index in [1.165, 1.54) is 0 Å². The van der Waals surface area contributed by atoms with Crippen molar-refractivity contribution in [3.63, 3.8) is 0 Å². The molecule has 0 amide bonds. The number of ether oxygens (including phenoxy) is 3. The van der Waals surface area contributed by atoms with E-state index in [1.54, 1.807) is 14.2 Å². The summed E-state index contributed by atoms with van der Waals surface area (Å²) in [6.07, 6.45) is -0.0251. The lowest BCUT2D eigenvalue weighted by Gasteiger charge is -2.40. The van der Waals surface area contributed by atoms with E-state index in [0.29, 0.717) is 19.6 Å². The molecular formula is C37H52N3O5P. The summed E-state index contributed by atoms with van der Waals surface area (Å²) in [7, 11) is 1.86. The molecule has 0 aliphatic rings. The molecule has 0 spiro atoms. The van der Waals surface area contributed by atoms with Crippen LogP contribution in [0.3, 0.4) is 0 Å². The summed E-state index contributed by atoms with van der Waals surface area (Å²) >= 11 is 0. The van der Waals surface area contributed by atoms with Crippen molar-refractivity contribution >= 4 is 8.53 Å². The molecule has 3 rings (SSSR count). The second-order valence-corrected chi connectivity index (χ2v) is 13.0. The number of likely N-dealkylation sites (N-methyl/N-ethyl adjacent to an activating group) is 1. The SMILES string of the molecule is CCN(CC)CC(COC(c1ccccc1)(c1ccc(OC)cc1)c1ccc(OC)cc1)OP(OCCC#N)N(C(C)C)C(C)C. The van der Waals surface area contributed by atoms with Gasteiger partial charge in [-0.15, -0.1) is 0 Å². The number of hydrogen-bond acceptors (Lipinski definition) is 8. The Morgan fingerprint density at radius 2 is 1.26 bits per heavy atom. The highest BCUT2D eigenvalue weighted by Gasteiger charge is 2.40. The van der Waals surface area contributed by atoms with Gasteiger partial charge in [-0.1, -0.05) is 68.4 Å². The molecule has 0 heterocycles. The first kappa shape index (κ1) is 37.4. The Bertz CT molecular complexity index is 1260. The van der Waals surface area contributed by atoms with E-state index < -0.39 is 14.1 Å². The molecule has 9 heteroatoms. The van der Waals surface area contributed by atoms with Crippen LogP contribution in [0.25, 0.3) is 0 Å². The molecule has 0 fully saturated rings. The van der Waals surface area contributed by atoms with Crippen LogP contribution in [0.4, 0.5) is 0 Å². The molecule has 2 unspecified atom stereocenters. The third kappa shape index (κ3) is 9.75. The van der Waals surface area contributed by atoms with Crippen LogP contribution >= 0.6 is 8.53 Å². The summed E-state index contributed by atoms with van der Waals surface area (Å²) < 4.78 is 33.8. The van der Waals surface area contributed by atoms with Crippen LogP contribution in [-0.4, -0.2) is 74.8 Å². The van der Waals surface area contributed by atoms with E-state index in [4.69, 9.17) is 23.3 Å². The van der Waals surface area contributed by atoms with Crippen LogP contribution < -0.4 is 9.47 Å². The van der Waals surface area contributed by atoms with E-state index in [0.717, 1.165) is 41.3 Å². The van der Waals surface area contributed by atoms with Crippen molar-refractivity contribution in [2.75, 3.05) is 47.1 Å². The van der Waals surface area contributed by atoms with Gasteiger partial charge in [0.2, 0.25) is 0 Å². The van der Waals surface area contributed by atoms with Gasteiger partial charge in [-0.25, -0.2) is 4.67 Å². The van der Waals surface area contributed by atoms with Crippen molar-refractivity contribution in [3.05, 3.63) is 95.6 Å². The molecular weight excluding hydrogens is 597 g/mol. The maximum Gasteiger partial charge on any atom is 0.259 e. The largest absolute Gasteiger partial charge is 0.497 e. The molecule has 0 saturated heterocycles. The Balaban J connectivity index is 2.15. The average Bonchev–Trinajstić information content (AvgIpc) is 3.07. The molecule has 8 nitrogen and oxygen atoms in total. The fourth-order valence-electron chi connectivity index (χ4n) is 5.60. The minimum atomic E-state index is -1.48. The predicted molar refractivity (Wildman–Crippen MR) is 186 cm³/mol. The van der Waals surface area contributed by atoms with Crippen LogP contribution in [-0.2, 0) is 19.4 Å². The number of benzene rings is 3. The first-order valence-electron chi connectivity index (χ1n) is 16.2. The van der Waals surface area contributed by atoms with Crippen molar-refractivity contribution in [3.8, 4) is 17.6 Å². The molecule has 0 aromatic heterocycles. The van der Waals surface area contributed by atoms with Gasteiger partial charge in [0.05, 0.1) is 39.9 Å². The highest BCUT2D eigenvalue weighted by molar-refractivity contribution is 7.44. The summed E-state index contributed by atoms with van der Waals surface area (Å²) in [5.74, 6) is 1.54. The van der Waals surface area contributed by atoms with E-state index in [2.05, 4.69) is 93.6 Å². The number of methoxy groups -OCH3 is 2. The fourth-order valence-corrected chi connectivity index (χ4v) is 7.29. The maximum absolute atomic E-state index is 9.25. The van der Waals surface area contributed by atoms with Gasteiger partial charge in [-0.3, -0.25) is 0 Å². The molecule has 0 N–H and O–H groups in total.